The summed E-state index contributed by atoms with van der Waals surface area (Å²) in [6.45, 7) is 2.49. The van der Waals surface area contributed by atoms with Crippen molar-refractivity contribution in [1.82, 2.24) is 10.7 Å². The fraction of sp³-hybridized carbons (Fsp3) is 0.174. The number of benzene rings is 3. The molecule has 154 valence electrons. The van der Waals surface area contributed by atoms with Crippen molar-refractivity contribution in [2.24, 2.45) is 5.10 Å². The first-order chi connectivity index (χ1) is 14.6. The first-order valence-electron chi connectivity index (χ1n) is 9.51. The number of nitrogens with zero attached hydrogens (tertiary/aromatic N) is 1. The maximum Gasteiger partial charge on any atom is 0.329 e. The number of hydrazone groups is 1. The minimum Gasteiger partial charge on any atom is -0.493 e. The van der Waals surface area contributed by atoms with E-state index in [2.05, 4.69) is 34.0 Å². The lowest BCUT2D eigenvalue weighted by molar-refractivity contribution is -0.139. The lowest BCUT2D eigenvalue weighted by Crippen LogP contribution is -2.37. The normalized spacial score (nSPS) is 10.7. The van der Waals surface area contributed by atoms with Crippen molar-refractivity contribution >= 4 is 28.8 Å². The summed E-state index contributed by atoms with van der Waals surface area (Å²) in [5.74, 6) is -0.428. The standard InChI is InChI=1S/C23H23N3O4/c1-3-24-22(27)23(28)26-25-14-16-11-12-20(21(13-16)29-2)30-15-18-9-6-8-17-7-4-5-10-19(17)18/h4-14H,3,15H2,1-2H3,(H,24,27)(H,26,28)/b25-14-. The fourth-order valence-electron chi connectivity index (χ4n) is 2.91. The van der Waals surface area contributed by atoms with Crippen LogP contribution in [0.3, 0.4) is 0 Å². The zero-order valence-corrected chi connectivity index (χ0v) is 16.8. The number of carbonyl (C=O) groups excluding carboxylic acids is 2. The lowest BCUT2D eigenvalue weighted by Gasteiger charge is -2.12. The van der Waals surface area contributed by atoms with E-state index >= 15 is 0 Å². The number of likely N-dealkylation sites (N-methyl/N-ethyl adjacent to an activating group) is 1. The Bertz CT molecular complexity index is 1070. The summed E-state index contributed by atoms with van der Waals surface area (Å²) in [5.41, 5.74) is 3.94. The molecule has 0 saturated carbocycles. The number of amides is 2. The monoisotopic (exact) mass is 405 g/mol. The predicted molar refractivity (Wildman–Crippen MR) is 116 cm³/mol. The quantitative estimate of drug-likeness (QED) is 0.359. The van der Waals surface area contributed by atoms with E-state index in [1.54, 1.807) is 32.2 Å². The van der Waals surface area contributed by atoms with Crippen LogP contribution in [0.2, 0.25) is 0 Å². The average molecular weight is 405 g/mol. The van der Waals surface area contributed by atoms with Crippen molar-refractivity contribution in [1.29, 1.82) is 0 Å². The topological polar surface area (TPSA) is 89.0 Å². The molecule has 0 fully saturated rings. The van der Waals surface area contributed by atoms with Crippen LogP contribution in [-0.2, 0) is 16.2 Å². The molecule has 7 heteroatoms. The number of carbonyl (C=O) groups is 2. The van der Waals surface area contributed by atoms with Gasteiger partial charge in [0.1, 0.15) is 6.61 Å². The van der Waals surface area contributed by atoms with Gasteiger partial charge in [-0.05, 0) is 47.0 Å². The number of hydrogen-bond donors (Lipinski definition) is 2. The van der Waals surface area contributed by atoms with Gasteiger partial charge < -0.3 is 14.8 Å². The van der Waals surface area contributed by atoms with Gasteiger partial charge in [-0.25, -0.2) is 5.43 Å². The number of ether oxygens (including phenoxy) is 2. The molecule has 0 aliphatic carbocycles. The molecule has 3 aromatic carbocycles. The van der Waals surface area contributed by atoms with Crippen LogP contribution in [0.4, 0.5) is 0 Å². The number of fused-ring (bicyclic) bond motifs is 1. The average Bonchev–Trinajstić information content (AvgIpc) is 2.78. The minimum absolute atomic E-state index is 0.368. The Morgan fingerprint density at radius 3 is 2.60 bits per heavy atom. The molecule has 0 spiro atoms. The molecule has 0 radical (unpaired) electrons. The van der Waals surface area contributed by atoms with E-state index in [1.165, 1.54) is 6.21 Å². The first kappa shape index (κ1) is 20.9. The minimum atomic E-state index is -0.824. The molecule has 0 unspecified atom stereocenters. The maximum atomic E-state index is 11.5. The van der Waals surface area contributed by atoms with E-state index in [1.807, 2.05) is 24.3 Å². The molecule has 0 aromatic heterocycles. The van der Waals surface area contributed by atoms with Gasteiger partial charge >= 0.3 is 11.8 Å². The van der Waals surface area contributed by atoms with Crippen molar-refractivity contribution in [3.63, 3.8) is 0 Å². The summed E-state index contributed by atoms with van der Waals surface area (Å²) in [6.07, 6.45) is 1.42. The molecule has 0 aliphatic rings. The van der Waals surface area contributed by atoms with E-state index in [9.17, 15) is 9.59 Å². The molecule has 30 heavy (non-hydrogen) atoms. The van der Waals surface area contributed by atoms with Gasteiger partial charge in [0.2, 0.25) is 0 Å². The molecule has 0 heterocycles. The Kier molecular flexibility index (Phi) is 7.00. The first-order valence-corrected chi connectivity index (χ1v) is 9.51. The molecule has 0 saturated heterocycles. The zero-order valence-electron chi connectivity index (χ0n) is 16.8. The van der Waals surface area contributed by atoms with Crippen molar-refractivity contribution in [2.45, 2.75) is 13.5 Å². The summed E-state index contributed by atoms with van der Waals surface area (Å²) in [5, 5.41) is 8.50. The Balaban J connectivity index is 1.67. The van der Waals surface area contributed by atoms with Crippen molar-refractivity contribution < 1.29 is 19.1 Å². The Morgan fingerprint density at radius 2 is 1.80 bits per heavy atom. The second-order valence-electron chi connectivity index (χ2n) is 6.40. The second-order valence-corrected chi connectivity index (χ2v) is 6.40. The van der Waals surface area contributed by atoms with E-state index in [0.29, 0.717) is 30.2 Å². The highest BCUT2D eigenvalue weighted by molar-refractivity contribution is 6.35. The third-order valence-electron chi connectivity index (χ3n) is 4.37. The Labute approximate surface area is 174 Å². The van der Waals surface area contributed by atoms with Gasteiger partial charge in [0.25, 0.3) is 0 Å². The van der Waals surface area contributed by atoms with Crippen LogP contribution in [0.5, 0.6) is 11.5 Å². The number of rotatable bonds is 7. The summed E-state index contributed by atoms with van der Waals surface area (Å²) < 4.78 is 11.4. The van der Waals surface area contributed by atoms with Crippen LogP contribution in [0.1, 0.15) is 18.1 Å². The largest absolute Gasteiger partial charge is 0.493 e. The van der Waals surface area contributed by atoms with Gasteiger partial charge in [0.05, 0.1) is 13.3 Å². The smallest absolute Gasteiger partial charge is 0.329 e. The van der Waals surface area contributed by atoms with Gasteiger partial charge in [0, 0.05) is 6.54 Å². The molecule has 3 rings (SSSR count). The molecule has 0 aliphatic heterocycles. The van der Waals surface area contributed by atoms with E-state index in [-0.39, 0.29) is 0 Å². The number of methoxy groups -OCH3 is 1. The van der Waals surface area contributed by atoms with Gasteiger partial charge in [-0.15, -0.1) is 0 Å². The van der Waals surface area contributed by atoms with Crippen LogP contribution in [0.15, 0.2) is 65.8 Å². The van der Waals surface area contributed by atoms with Crippen LogP contribution in [-0.4, -0.2) is 31.7 Å². The molecular weight excluding hydrogens is 382 g/mol. The Hall–Kier alpha value is -3.87. The van der Waals surface area contributed by atoms with Crippen LogP contribution < -0.4 is 20.2 Å². The summed E-state index contributed by atoms with van der Waals surface area (Å²) in [7, 11) is 1.55. The zero-order chi connectivity index (χ0) is 21.3. The number of nitrogens with one attached hydrogen (secondary N) is 2. The predicted octanol–water partition coefficient (Wildman–Crippen LogP) is 3.01. The molecule has 0 atom stereocenters. The second kappa shape index (κ2) is 10.1. The molecule has 3 aromatic rings. The highest BCUT2D eigenvalue weighted by Crippen LogP contribution is 2.29. The summed E-state index contributed by atoms with van der Waals surface area (Å²) in [4.78, 5) is 22.9. The van der Waals surface area contributed by atoms with Gasteiger partial charge in [0.15, 0.2) is 11.5 Å². The molecule has 7 nitrogen and oxygen atoms in total. The SMILES string of the molecule is CCNC(=O)C(=O)N/N=C\c1ccc(OCc2cccc3ccccc23)c(OC)c1. The molecular formula is C23H23N3O4. The van der Waals surface area contributed by atoms with Crippen molar-refractivity contribution in [3.8, 4) is 11.5 Å². The number of hydrogen-bond acceptors (Lipinski definition) is 5. The van der Waals surface area contributed by atoms with Crippen LogP contribution in [0.25, 0.3) is 10.8 Å². The van der Waals surface area contributed by atoms with E-state index < -0.39 is 11.8 Å². The fourth-order valence-corrected chi connectivity index (χ4v) is 2.91. The summed E-state index contributed by atoms with van der Waals surface area (Å²) >= 11 is 0. The van der Waals surface area contributed by atoms with Crippen molar-refractivity contribution in [3.05, 3.63) is 71.8 Å². The third kappa shape index (κ3) is 5.14. The van der Waals surface area contributed by atoms with E-state index in [4.69, 9.17) is 9.47 Å². The highest BCUT2D eigenvalue weighted by Gasteiger charge is 2.11. The van der Waals surface area contributed by atoms with Gasteiger partial charge in [-0.2, -0.15) is 5.10 Å². The molecule has 0 bridgehead atoms. The molecule has 2 N–H and O–H groups in total. The van der Waals surface area contributed by atoms with Crippen LogP contribution >= 0.6 is 0 Å². The third-order valence-corrected chi connectivity index (χ3v) is 4.37. The van der Waals surface area contributed by atoms with Crippen LogP contribution in [0, 0.1) is 0 Å². The Morgan fingerprint density at radius 1 is 1.00 bits per heavy atom. The summed E-state index contributed by atoms with van der Waals surface area (Å²) in [6, 6.07) is 19.6. The van der Waals surface area contributed by atoms with Crippen molar-refractivity contribution in [2.75, 3.05) is 13.7 Å². The molecule has 2 amide bonds. The van der Waals surface area contributed by atoms with E-state index in [0.717, 1.165) is 16.3 Å². The lowest BCUT2D eigenvalue weighted by atomic mass is 10.1. The van der Waals surface area contributed by atoms with Gasteiger partial charge in [-0.3, -0.25) is 9.59 Å². The maximum absolute atomic E-state index is 11.5. The highest BCUT2D eigenvalue weighted by atomic mass is 16.5. The van der Waals surface area contributed by atoms with Gasteiger partial charge in [-0.1, -0.05) is 42.5 Å².